The third-order valence-corrected chi connectivity index (χ3v) is 5.61. The Bertz CT molecular complexity index is 433. The number of aryl methyl sites for hydroxylation is 1. The van der Waals surface area contributed by atoms with E-state index in [0.29, 0.717) is 18.8 Å². The summed E-state index contributed by atoms with van der Waals surface area (Å²) in [4.78, 5) is 1.30. The maximum atomic E-state index is 12.8. The van der Waals surface area contributed by atoms with E-state index >= 15 is 0 Å². The fraction of sp³-hybridized carbons (Fsp3) is 0.750. The Morgan fingerprint density at radius 1 is 1.29 bits per heavy atom. The van der Waals surface area contributed by atoms with Crippen LogP contribution >= 0.6 is 11.3 Å². The number of hydrogen-bond donors (Lipinski definition) is 1. The molecule has 0 bridgehead atoms. The van der Waals surface area contributed by atoms with Gasteiger partial charge in [0.15, 0.2) is 0 Å². The summed E-state index contributed by atoms with van der Waals surface area (Å²) in [7, 11) is 0. The molecule has 21 heavy (non-hydrogen) atoms. The fourth-order valence-corrected chi connectivity index (χ4v) is 4.35. The predicted octanol–water partition coefficient (Wildman–Crippen LogP) is 5.47. The van der Waals surface area contributed by atoms with E-state index < -0.39 is 12.1 Å². The van der Waals surface area contributed by atoms with Crippen LogP contribution in [0.1, 0.15) is 55.5 Å². The van der Waals surface area contributed by atoms with Crippen molar-refractivity contribution in [3.05, 3.63) is 21.9 Å². The molecule has 0 aliphatic heterocycles. The molecule has 0 amide bonds. The Kier molecular flexibility index (Phi) is 5.72. The van der Waals surface area contributed by atoms with Crippen LogP contribution in [0, 0.1) is 18.8 Å². The highest BCUT2D eigenvalue weighted by molar-refractivity contribution is 7.10. The lowest BCUT2D eigenvalue weighted by Gasteiger charge is -2.35. The van der Waals surface area contributed by atoms with Crippen molar-refractivity contribution in [1.82, 2.24) is 5.32 Å². The zero-order valence-corrected chi connectivity index (χ0v) is 13.5. The van der Waals surface area contributed by atoms with Gasteiger partial charge in [-0.1, -0.05) is 6.92 Å². The Labute approximate surface area is 128 Å². The van der Waals surface area contributed by atoms with E-state index in [2.05, 4.69) is 30.6 Å². The molecule has 1 heterocycles. The zero-order valence-electron chi connectivity index (χ0n) is 12.7. The van der Waals surface area contributed by atoms with Gasteiger partial charge in [-0.15, -0.1) is 11.3 Å². The van der Waals surface area contributed by atoms with E-state index in [-0.39, 0.29) is 18.9 Å². The van der Waals surface area contributed by atoms with E-state index in [1.807, 2.05) is 0 Å². The van der Waals surface area contributed by atoms with E-state index in [4.69, 9.17) is 0 Å². The molecule has 1 aliphatic carbocycles. The molecule has 1 unspecified atom stereocenters. The Hall–Kier alpha value is -0.550. The Morgan fingerprint density at radius 3 is 2.43 bits per heavy atom. The number of halogens is 3. The summed E-state index contributed by atoms with van der Waals surface area (Å²) in [5.41, 5.74) is 1.26. The zero-order chi connectivity index (χ0) is 15.5. The molecule has 1 aliphatic rings. The monoisotopic (exact) mass is 319 g/mol. The second-order valence-electron chi connectivity index (χ2n) is 6.05. The normalized spacial score (nSPS) is 25.0. The minimum Gasteiger partial charge on any atom is -0.309 e. The molecule has 0 saturated heterocycles. The van der Waals surface area contributed by atoms with Crippen LogP contribution in [-0.2, 0) is 0 Å². The molecule has 1 saturated carbocycles. The molecular weight excluding hydrogens is 295 g/mol. The van der Waals surface area contributed by atoms with Gasteiger partial charge in [0.1, 0.15) is 0 Å². The van der Waals surface area contributed by atoms with Gasteiger partial charge in [-0.3, -0.25) is 0 Å². The maximum absolute atomic E-state index is 12.8. The SMILES string of the molecule is CCCNC(c1sccc1C)C1CCC(C(F)(F)F)CC1. The van der Waals surface area contributed by atoms with Crippen LogP contribution in [0.25, 0.3) is 0 Å². The molecule has 0 aromatic carbocycles. The van der Waals surface area contributed by atoms with Gasteiger partial charge in [0.2, 0.25) is 0 Å². The average molecular weight is 319 g/mol. The molecule has 5 heteroatoms. The van der Waals surface area contributed by atoms with Crippen LogP contribution in [-0.4, -0.2) is 12.7 Å². The van der Waals surface area contributed by atoms with E-state index in [1.54, 1.807) is 11.3 Å². The first-order valence-electron chi connectivity index (χ1n) is 7.77. The minimum atomic E-state index is -4.02. The van der Waals surface area contributed by atoms with Crippen LogP contribution in [0.2, 0.25) is 0 Å². The predicted molar refractivity (Wildman–Crippen MR) is 81.6 cm³/mol. The Balaban J connectivity index is 2.04. The van der Waals surface area contributed by atoms with Gasteiger partial charge in [0, 0.05) is 10.9 Å². The number of rotatable bonds is 5. The van der Waals surface area contributed by atoms with E-state index in [0.717, 1.165) is 13.0 Å². The molecule has 1 atom stereocenters. The van der Waals surface area contributed by atoms with Crippen LogP contribution in [0.15, 0.2) is 11.4 Å². The van der Waals surface area contributed by atoms with Gasteiger partial charge in [-0.05, 0) is 68.5 Å². The minimum absolute atomic E-state index is 0.221. The summed E-state index contributed by atoms with van der Waals surface area (Å²) < 4.78 is 38.4. The summed E-state index contributed by atoms with van der Waals surface area (Å²) in [6, 6.07) is 2.32. The Morgan fingerprint density at radius 2 is 1.95 bits per heavy atom. The molecule has 1 N–H and O–H groups in total. The topological polar surface area (TPSA) is 12.0 Å². The second-order valence-corrected chi connectivity index (χ2v) is 7.00. The smallest absolute Gasteiger partial charge is 0.309 e. The largest absolute Gasteiger partial charge is 0.391 e. The third kappa shape index (κ3) is 4.22. The lowest BCUT2D eigenvalue weighted by atomic mass is 9.77. The molecule has 0 radical (unpaired) electrons. The summed E-state index contributed by atoms with van der Waals surface area (Å²) in [5.74, 6) is -0.766. The third-order valence-electron chi connectivity index (χ3n) is 4.50. The molecule has 1 nitrogen and oxygen atoms in total. The fourth-order valence-electron chi connectivity index (χ4n) is 3.26. The molecule has 1 aromatic rings. The first-order chi connectivity index (χ1) is 9.93. The highest BCUT2D eigenvalue weighted by atomic mass is 32.1. The van der Waals surface area contributed by atoms with Gasteiger partial charge in [0.05, 0.1) is 5.92 Å². The summed E-state index contributed by atoms with van der Waals surface area (Å²) >= 11 is 1.72. The molecule has 0 spiro atoms. The standard InChI is InChI=1S/C16H24F3NS/c1-3-9-20-14(15-11(2)8-10-21-15)12-4-6-13(7-5-12)16(17,18)19/h8,10,12-14,20H,3-7,9H2,1-2H3. The number of nitrogens with one attached hydrogen (secondary N) is 1. The van der Waals surface area contributed by atoms with Crippen LogP contribution in [0.5, 0.6) is 0 Å². The van der Waals surface area contributed by atoms with Crippen LogP contribution in [0.4, 0.5) is 13.2 Å². The van der Waals surface area contributed by atoms with Crippen molar-refractivity contribution in [2.24, 2.45) is 11.8 Å². The number of alkyl halides is 3. The van der Waals surface area contributed by atoms with Gasteiger partial charge < -0.3 is 5.32 Å². The highest BCUT2D eigenvalue weighted by Crippen LogP contribution is 2.44. The van der Waals surface area contributed by atoms with Crippen LogP contribution < -0.4 is 5.32 Å². The average Bonchev–Trinajstić information content (AvgIpc) is 2.85. The quantitative estimate of drug-likeness (QED) is 0.759. The summed E-state index contributed by atoms with van der Waals surface area (Å²) in [6.45, 7) is 5.13. The summed E-state index contributed by atoms with van der Waals surface area (Å²) in [6.07, 6.45) is -1.08. The van der Waals surface area contributed by atoms with Crippen molar-refractivity contribution in [1.29, 1.82) is 0 Å². The lowest BCUT2D eigenvalue weighted by Crippen LogP contribution is -2.34. The van der Waals surface area contributed by atoms with Gasteiger partial charge in [-0.25, -0.2) is 0 Å². The van der Waals surface area contributed by atoms with Gasteiger partial charge in [-0.2, -0.15) is 13.2 Å². The molecular formula is C16H24F3NS. The number of thiophene rings is 1. The van der Waals surface area contributed by atoms with Crippen molar-refractivity contribution >= 4 is 11.3 Å². The van der Waals surface area contributed by atoms with Crippen molar-refractivity contribution in [3.63, 3.8) is 0 Å². The lowest BCUT2D eigenvalue weighted by molar-refractivity contribution is -0.184. The first kappa shape index (κ1) is 16.8. The first-order valence-corrected chi connectivity index (χ1v) is 8.65. The highest BCUT2D eigenvalue weighted by Gasteiger charge is 2.42. The maximum Gasteiger partial charge on any atom is 0.391 e. The van der Waals surface area contributed by atoms with E-state index in [1.165, 1.54) is 10.4 Å². The van der Waals surface area contributed by atoms with Crippen LogP contribution in [0.3, 0.4) is 0 Å². The van der Waals surface area contributed by atoms with Crippen molar-refractivity contribution < 1.29 is 13.2 Å². The molecule has 1 fully saturated rings. The molecule has 1 aromatic heterocycles. The van der Waals surface area contributed by atoms with Crippen molar-refractivity contribution in [2.75, 3.05) is 6.54 Å². The van der Waals surface area contributed by atoms with Crippen molar-refractivity contribution in [3.8, 4) is 0 Å². The molecule has 120 valence electrons. The van der Waals surface area contributed by atoms with Gasteiger partial charge >= 0.3 is 6.18 Å². The van der Waals surface area contributed by atoms with E-state index in [9.17, 15) is 13.2 Å². The van der Waals surface area contributed by atoms with Gasteiger partial charge in [0.25, 0.3) is 0 Å². The summed E-state index contributed by atoms with van der Waals surface area (Å²) in [5, 5.41) is 5.64. The molecule has 2 rings (SSSR count). The van der Waals surface area contributed by atoms with Crippen molar-refractivity contribution in [2.45, 2.75) is 58.2 Å². The number of hydrogen-bond acceptors (Lipinski definition) is 2. The second kappa shape index (κ2) is 7.14.